The van der Waals surface area contributed by atoms with Crippen LogP contribution in [0.15, 0.2) is 84.9 Å². The standard InChI is InChI=1S/C25H23ClN2O2/c26-22-13-11-21(12-14-22)24(29)27-15-17-28(18-16-27)25(30)23(19-7-3-1-4-8-19)20-9-5-2-6-10-20/h1-14,23H,15-18H2. The van der Waals surface area contributed by atoms with Crippen molar-refractivity contribution in [2.24, 2.45) is 0 Å². The number of hydrogen-bond donors (Lipinski definition) is 0. The summed E-state index contributed by atoms with van der Waals surface area (Å²) in [6.45, 7) is 2.08. The van der Waals surface area contributed by atoms with E-state index in [0.717, 1.165) is 11.1 Å². The predicted molar refractivity (Wildman–Crippen MR) is 119 cm³/mol. The highest BCUT2D eigenvalue weighted by molar-refractivity contribution is 6.30. The van der Waals surface area contributed by atoms with Gasteiger partial charge in [0.1, 0.15) is 0 Å². The Labute approximate surface area is 181 Å². The van der Waals surface area contributed by atoms with Gasteiger partial charge in [0.05, 0.1) is 5.92 Å². The molecule has 3 aromatic carbocycles. The second kappa shape index (κ2) is 9.14. The summed E-state index contributed by atoms with van der Waals surface area (Å²) < 4.78 is 0. The molecule has 0 aliphatic carbocycles. The second-order valence-corrected chi connectivity index (χ2v) is 7.82. The Morgan fingerprint density at radius 2 is 1.13 bits per heavy atom. The Kier molecular flexibility index (Phi) is 6.15. The van der Waals surface area contributed by atoms with Crippen LogP contribution in [0.4, 0.5) is 0 Å². The van der Waals surface area contributed by atoms with Gasteiger partial charge in [-0.05, 0) is 35.4 Å². The molecule has 0 bridgehead atoms. The SMILES string of the molecule is O=C(c1ccc(Cl)cc1)N1CCN(C(=O)C(c2ccccc2)c2ccccc2)CC1. The third-order valence-corrected chi connectivity index (χ3v) is 5.73. The van der Waals surface area contributed by atoms with Crippen LogP contribution in [0, 0.1) is 0 Å². The van der Waals surface area contributed by atoms with Gasteiger partial charge in [0.15, 0.2) is 0 Å². The van der Waals surface area contributed by atoms with Gasteiger partial charge in [-0.15, -0.1) is 0 Å². The van der Waals surface area contributed by atoms with E-state index in [1.807, 2.05) is 65.6 Å². The minimum atomic E-state index is -0.342. The first-order valence-electron chi connectivity index (χ1n) is 10.1. The largest absolute Gasteiger partial charge is 0.338 e. The molecule has 0 aromatic heterocycles. The monoisotopic (exact) mass is 418 g/mol. The molecule has 1 saturated heterocycles. The molecule has 3 aromatic rings. The van der Waals surface area contributed by atoms with Crippen LogP contribution in [0.1, 0.15) is 27.4 Å². The van der Waals surface area contributed by atoms with Gasteiger partial charge in [-0.3, -0.25) is 9.59 Å². The minimum Gasteiger partial charge on any atom is -0.338 e. The van der Waals surface area contributed by atoms with Gasteiger partial charge in [0, 0.05) is 36.8 Å². The first kappa shape index (κ1) is 20.2. The lowest BCUT2D eigenvalue weighted by Crippen LogP contribution is -2.51. The zero-order chi connectivity index (χ0) is 20.9. The fraction of sp³-hybridized carbons (Fsp3) is 0.200. The van der Waals surface area contributed by atoms with Crippen molar-refractivity contribution < 1.29 is 9.59 Å². The molecular formula is C25H23ClN2O2. The van der Waals surface area contributed by atoms with E-state index in [-0.39, 0.29) is 17.7 Å². The first-order valence-corrected chi connectivity index (χ1v) is 10.4. The van der Waals surface area contributed by atoms with Gasteiger partial charge in [-0.1, -0.05) is 72.3 Å². The van der Waals surface area contributed by atoms with E-state index in [4.69, 9.17) is 11.6 Å². The molecule has 0 atom stereocenters. The molecule has 0 radical (unpaired) electrons. The fourth-order valence-corrected chi connectivity index (χ4v) is 3.98. The van der Waals surface area contributed by atoms with E-state index < -0.39 is 0 Å². The van der Waals surface area contributed by atoms with Crippen molar-refractivity contribution >= 4 is 23.4 Å². The van der Waals surface area contributed by atoms with E-state index in [2.05, 4.69) is 0 Å². The summed E-state index contributed by atoms with van der Waals surface area (Å²) in [5.74, 6) is -0.293. The molecule has 152 valence electrons. The van der Waals surface area contributed by atoms with Crippen molar-refractivity contribution in [1.82, 2.24) is 9.80 Å². The zero-order valence-corrected chi connectivity index (χ0v) is 17.3. The number of nitrogens with zero attached hydrogens (tertiary/aromatic N) is 2. The summed E-state index contributed by atoms with van der Waals surface area (Å²) in [6, 6.07) is 26.7. The van der Waals surface area contributed by atoms with Gasteiger partial charge in [0.25, 0.3) is 5.91 Å². The van der Waals surface area contributed by atoms with Crippen molar-refractivity contribution in [3.63, 3.8) is 0 Å². The molecular weight excluding hydrogens is 396 g/mol. The number of hydrogen-bond acceptors (Lipinski definition) is 2. The summed E-state index contributed by atoms with van der Waals surface area (Å²) >= 11 is 5.92. The third kappa shape index (κ3) is 4.39. The predicted octanol–water partition coefficient (Wildman–Crippen LogP) is 4.46. The first-order chi connectivity index (χ1) is 14.6. The van der Waals surface area contributed by atoms with Crippen LogP contribution in [-0.4, -0.2) is 47.8 Å². The van der Waals surface area contributed by atoms with Gasteiger partial charge < -0.3 is 9.80 Å². The lowest BCUT2D eigenvalue weighted by Gasteiger charge is -2.36. The maximum Gasteiger partial charge on any atom is 0.253 e. The summed E-state index contributed by atoms with van der Waals surface area (Å²) in [7, 11) is 0. The summed E-state index contributed by atoms with van der Waals surface area (Å²) in [5, 5.41) is 0.606. The highest BCUT2D eigenvalue weighted by Crippen LogP contribution is 2.27. The van der Waals surface area contributed by atoms with Crippen molar-refractivity contribution in [1.29, 1.82) is 0 Å². The number of rotatable bonds is 4. The van der Waals surface area contributed by atoms with E-state index in [9.17, 15) is 9.59 Å². The van der Waals surface area contributed by atoms with Crippen molar-refractivity contribution in [2.75, 3.05) is 26.2 Å². The van der Waals surface area contributed by atoms with Crippen molar-refractivity contribution in [2.45, 2.75) is 5.92 Å². The lowest BCUT2D eigenvalue weighted by molar-refractivity contribution is -0.133. The molecule has 0 spiro atoms. The Morgan fingerprint density at radius 3 is 1.63 bits per heavy atom. The van der Waals surface area contributed by atoms with Crippen LogP contribution in [0.5, 0.6) is 0 Å². The molecule has 0 saturated carbocycles. The van der Waals surface area contributed by atoms with E-state index in [1.165, 1.54) is 0 Å². The van der Waals surface area contributed by atoms with Gasteiger partial charge >= 0.3 is 0 Å². The third-order valence-electron chi connectivity index (χ3n) is 5.48. The number of amides is 2. The Morgan fingerprint density at radius 1 is 0.667 bits per heavy atom. The average molecular weight is 419 g/mol. The molecule has 30 heavy (non-hydrogen) atoms. The number of carbonyl (C=O) groups excluding carboxylic acids is 2. The second-order valence-electron chi connectivity index (χ2n) is 7.38. The maximum atomic E-state index is 13.5. The van der Waals surface area contributed by atoms with Crippen LogP contribution in [0.25, 0.3) is 0 Å². The van der Waals surface area contributed by atoms with E-state index >= 15 is 0 Å². The highest BCUT2D eigenvalue weighted by atomic mass is 35.5. The van der Waals surface area contributed by atoms with Crippen LogP contribution >= 0.6 is 11.6 Å². The van der Waals surface area contributed by atoms with E-state index in [0.29, 0.717) is 36.8 Å². The number of piperazine rings is 1. The molecule has 1 aliphatic rings. The molecule has 0 unspecified atom stereocenters. The topological polar surface area (TPSA) is 40.6 Å². The van der Waals surface area contributed by atoms with E-state index in [1.54, 1.807) is 29.2 Å². The molecule has 1 fully saturated rings. The molecule has 0 N–H and O–H groups in total. The highest BCUT2D eigenvalue weighted by Gasteiger charge is 2.31. The van der Waals surface area contributed by atoms with Crippen LogP contribution in [0.3, 0.4) is 0 Å². The average Bonchev–Trinajstić information content (AvgIpc) is 2.81. The molecule has 4 rings (SSSR count). The Balaban J connectivity index is 1.48. The number of carbonyl (C=O) groups is 2. The molecule has 2 amide bonds. The van der Waals surface area contributed by atoms with Gasteiger partial charge in [-0.2, -0.15) is 0 Å². The summed E-state index contributed by atoms with van der Waals surface area (Å²) in [6.07, 6.45) is 0. The van der Waals surface area contributed by atoms with Gasteiger partial charge in [0.2, 0.25) is 5.91 Å². The van der Waals surface area contributed by atoms with Crippen molar-refractivity contribution in [3.8, 4) is 0 Å². The maximum absolute atomic E-state index is 13.5. The van der Waals surface area contributed by atoms with Crippen molar-refractivity contribution in [3.05, 3.63) is 107 Å². The summed E-state index contributed by atoms with van der Waals surface area (Å²) in [4.78, 5) is 29.9. The molecule has 4 nitrogen and oxygen atoms in total. The van der Waals surface area contributed by atoms with Gasteiger partial charge in [-0.25, -0.2) is 0 Å². The Hall–Kier alpha value is -3.11. The fourth-order valence-electron chi connectivity index (χ4n) is 3.86. The molecule has 5 heteroatoms. The van der Waals surface area contributed by atoms with Crippen LogP contribution < -0.4 is 0 Å². The summed E-state index contributed by atoms with van der Waals surface area (Å²) in [5.41, 5.74) is 2.58. The molecule has 1 heterocycles. The van der Waals surface area contributed by atoms with Crippen LogP contribution in [0.2, 0.25) is 5.02 Å². The minimum absolute atomic E-state index is 0.0264. The normalized spacial score (nSPS) is 14.1. The number of halogens is 1. The van der Waals surface area contributed by atoms with Crippen LogP contribution in [-0.2, 0) is 4.79 Å². The Bertz CT molecular complexity index is 959. The number of benzene rings is 3. The smallest absolute Gasteiger partial charge is 0.253 e. The zero-order valence-electron chi connectivity index (χ0n) is 16.6. The molecule has 1 aliphatic heterocycles. The lowest BCUT2D eigenvalue weighted by atomic mass is 9.90. The quantitative estimate of drug-likeness (QED) is 0.627.